The lowest BCUT2D eigenvalue weighted by Gasteiger charge is -2.36. The number of nitrogens with zero attached hydrogens (tertiary/aromatic N) is 2. The smallest absolute Gasteiger partial charge is 0.306 e. The van der Waals surface area contributed by atoms with Gasteiger partial charge in [0.05, 0.1) is 12.2 Å². The maximum absolute atomic E-state index is 14.0. The molecular weight excluding hydrogens is 480 g/mol. The van der Waals surface area contributed by atoms with Crippen molar-refractivity contribution < 1.29 is 35.5 Å². The maximum atomic E-state index is 14.0. The minimum Gasteiger partial charge on any atom is -0.487 e. The number of ether oxygens (including phenoxy) is 1. The molecule has 3 atom stereocenters. The number of benzene rings is 2. The second-order valence-corrected chi connectivity index (χ2v) is 10.2. The molecule has 2 aromatic carbocycles. The van der Waals surface area contributed by atoms with E-state index < -0.39 is 63.6 Å². The summed E-state index contributed by atoms with van der Waals surface area (Å²) in [6.45, 7) is -0.240. The average molecular weight is 502 g/mol. The van der Waals surface area contributed by atoms with Gasteiger partial charge in [-0.3, -0.25) is 9.10 Å². The van der Waals surface area contributed by atoms with Crippen molar-refractivity contribution in [2.24, 2.45) is 0 Å². The molecule has 0 aromatic heterocycles. The first-order valence-electron chi connectivity index (χ1n) is 10.4. The number of carbonyl (C=O) groups excluding carboxylic acids is 1. The van der Waals surface area contributed by atoms with Crippen molar-refractivity contribution in [3.8, 4) is 5.75 Å². The van der Waals surface area contributed by atoms with E-state index in [1.807, 2.05) is 0 Å². The molecule has 34 heavy (non-hydrogen) atoms. The molecule has 2 aliphatic rings. The molecule has 1 amide bonds. The van der Waals surface area contributed by atoms with E-state index in [2.05, 4.69) is 10.7 Å². The van der Waals surface area contributed by atoms with Crippen LogP contribution in [-0.4, -0.2) is 56.4 Å². The Morgan fingerprint density at radius 3 is 2.44 bits per heavy atom. The Hall–Kier alpha value is -2.90. The molecule has 0 aliphatic carbocycles. The van der Waals surface area contributed by atoms with Crippen LogP contribution in [0, 0.1) is 11.6 Å². The van der Waals surface area contributed by atoms with Gasteiger partial charge in [0.15, 0.2) is 0 Å². The van der Waals surface area contributed by atoms with E-state index in [9.17, 15) is 30.8 Å². The number of alkyl halides is 2. The zero-order valence-electron chi connectivity index (χ0n) is 18.1. The number of nitrogens with one attached hydrogen (secondary N) is 2. The number of sulfonamides is 1. The van der Waals surface area contributed by atoms with E-state index in [0.29, 0.717) is 5.01 Å². The number of anilines is 2. The van der Waals surface area contributed by atoms with Crippen molar-refractivity contribution in [1.29, 1.82) is 0 Å². The Bertz CT molecular complexity index is 1190. The molecule has 13 heteroatoms. The highest BCUT2D eigenvalue weighted by Crippen LogP contribution is 2.39. The molecule has 4 rings (SSSR count). The van der Waals surface area contributed by atoms with E-state index in [0.717, 1.165) is 22.5 Å². The fourth-order valence-corrected chi connectivity index (χ4v) is 6.11. The Morgan fingerprint density at radius 1 is 1.15 bits per heavy atom. The summed E-state index contributed by atoms with van der Waals surface area (Å²) in [5.41, 5.74) is 1.83. The van der Waals surface area contributed by atoms with Gasteiger partial charge in [0, 0.05) is 18.3 Å². The third kappa shape index (κ3) is 4.42. The zero-order valence-corrected chi connectivity index (χ0v) is 19.0. The summed E-state index contributed by atoms with van der Waals surface area (Å²) in [7, 11) is -4.15. The van der Waals surface area contributed by atoms with Gasteiger partial charge in [-0.15, -0.1) is 0 Å². The largest absolute Gasteiger partial charge is 0.487 e. The van der Waals surface area contributed by atoms with Crippen LogP contribution in [0.1, 0.15) is 24.2 Å². The molecule has 2 N–H and O–H groups in total. The number of carbonyl (C=O) groups is 1. The Kier molecular flexibility index (Phi) is 6.44. The normalized spacial score (nSPS) is 23.0. The Labute approximate surface area is 193 Å². The molecule has 184 valence electrons. The lowest BCUT2D eigenvalue weighted by Crippen LogP contribution is -2.49. The molecule has 0 bridgehead atoms. The molecular formula is C21H22F4N4O4S. The van der Waals surface area contributed by atoms with Crippen LogP contribution in [0.5, 0.6) is 5.75 Å². The van der Waals surface area contributed by atoms with Gasteiger partial charge in [-0.1, -0.05) is 6.07 Å². The molecule has 0 saturated carbocycles. The molecule has 1 saturated heterocycles. The highest BCUT2D eigenvalue weighted by molar-refractivity contribution is 7.93. The van der Waals surface area contributed by atoms with E-state index in [-0.39, 0.29) is 23.7 Å². The number of hydrazine groups is 1. The van der Waals surface area contributed by atoms with Gasteiger partial charge < -0.3 is 10.1 Å². The van der Waals surface area contributed by atoms with Gasteiger partial charge in [-0.2, -0.15) is 13.8 Å². The summed E-state index contributed by atoms with van der Waals surface area (Å²) < 4.78 is 87.9. The average Bonchev–Trinajstić information content (AvgIpc) is 3.16. The highest BCUT2D eigenvalue weighted by atomic mass is 32.2. The summed E-state index contributed by atoms with van der Waals surface area (Å²) in [6, 6.07) is 6.33. The standard InChI is InChI=1S/C21H22F4N4O4S/c1-11-9-29(34(31,32)18-10-28(21(24)25)27-12(18)2)16-8-13(6-7-17(16)33-11)26-20(30)19-14(22)4-3-5-15(19)23/h3-8,11-12,18,21,27H,9-10H2,1-2H3,(H,26,30)/t11-,12?,18?/m0/s1. The van der Waals surface area contributed by atoms with Crippen molar-refractivity contribution in [2.75, 3.05) is 22.7 Å². The number of amides is 1. The minimum absolute atomic E-state index is 0.0663. The van der Waals surface area contributed by atoms with Crippen molar-refractivity contribution in [2.45, 2.75) is 37.8 Å². The van der Waals surface area contributed by atoms with Crippen molar-refractivity contribution >= 4 is 27.3 Å². The Morgan fingerprint density at radius 2 is 1.82 bits per heavy atom. The number of rotatable bonds is 5. The van der Waals surface area contributed by atoms with Crippen LogP contribution in [-0.2, 0) is 10.0 Å². The summed E-state index contributed by atoms with van der Waals surface area (Å²) >= 11 is 0. The van der Waals surface area contributed by atoms with Gasteiger partial charge in [0.2, 0.25) is 10.0 Å². The second kappa shape index (κ2) is 9.04. The SMILES string of the molecule is CC1NN(C(F)F)CC1S(=O)(=O)N1C[C@H](C)Oc2ccc(NC(=O)c3c(F)cccc3F)cc21. The van der Waals surface area contributed by atoms with Gasteiger partial charge >= 0.3 is 6.55 Å². The fraction of sp³-hybridized carbons (Fsp3) is 0.381. The van der Waals surface area contributed by atoms with E-state index in [4.69, 9.17) is 4.74 Å². The predicted octanol–water partition coefficient (Wildman–Crippen LogP) is 2.93. The maximum Gasteiger partial charge on any atom is 0.306 e. The van der Waals surface area contributed by atoms with Crippen molar-refractivity contribution in [3.05, 3.63) is 53.6 Å². The summed E-state index contributed by atoms with van der Waals surface area (Å²) in [4.78, 5) is 12.5. The van der Waals surface area contributed by atoms with Crippen LogP contribution in [0.2, 0.25) is 0 Å². The lowest BCUT2D eigenvalue weighted by molar-refractivity contribution is -0.0435. The topological polar surface area (TPSA) is 91.0 Å². The highest BCUT2D eigenvalue weighted by Gasteiger charge is 2.46. The van der Waals surface area contributed by atoms with Crippen LogP contribution in [0.3, 0.4) is 0 Å². The third-order valence-electron chi connectivity index (χ3n) is 5.66. The van der Waals surface area contributed by atoms with Gasteiger partial charge in [-0.25, -0.2) is 22.6 Å². The van der Waals surface area contributed by atoms with Crippen LogP contribution in [0.25, 0.3) is 0 Å². The van der Waals surface area contributed by atoms with E-state index in [1.54, 1.807) is 6.92 Å². The third-order valence-corrected chi connectivity index (χ3v) is 7.94. The molecule has 2 aromatic rings. The van der Waals surface area contributed by atoms with E-state index >= 15 is 0 Å². The summed E-state index contributed by atoms with van der Waals surface area (Å²) in [6.07, 6.45) is -0.536. The molecule has 8 nitrogen and oxygen atoms in total. The first-order chi connectivity index (χ1) is 16.0. The minimum atomic E-state index is -4.15. The van der Waals surface area contributed by atoms with E-state index in [1.165, 1.54) is 25.1 Å². The number of fused-ring (bicyclic) bond motifs is 1. The molecule has 2 aliphatic heterocycles. The van der Waals surface area contributed by atoms with Gasteiger partial charge in [0.25, 0.3) is 5.91 Å². The summed E-state index contributed by atoms with van der Waals surface area (Å²) in [5, 5.41) is 1.75. The second-order valence-electron chi connectivity index (χ2n) is 8.12. The summed E-state index contributed by atoms with van der Waals surface area (Å²) in [5.74, 6) is -2.97. The molecule has 2 unspecified atom stereocenters. The number of hydrogen-bond donors (Lipinski definition) is 2. The zero-order chi connectivity index (χ0) is 24.8. The first kappa shape index (κ1) is 24.2. The predicted molar refractivity (Wildman–Crippen MR) is 116 cm³/mol. The molecule has 0 spiro atoms. The van der Waals surface area contributed by atoms with Crippen LogP contribution >= 0.6 is 0 Å². The van der Waals surface area contributed by atoms with Crippen LogP contribution in [0.15, 0.2) is 36.4 Å². The van der Waals surface area contributed by atoms with Crippen LogP contribution in [0.4, 0.5) is 28.9 Å². The van der Waals surface area contributed by atoms with Gasteiger partial charge in [-0.05, 0) is 44.2 Å². The van der Waals surface area contributed by atoms with Crippen LogP contribution < -0.4 is 19.8 Å². The first-order valence-corrected chi connectivity index (χ1v) is 11.9. The Balaban J connectivity index is 1.66. The monoisotopic (exact) mass is 502 g/mol. The number of halogens is 4. The quantitative estimate of drug-likeness (QED) is 0.483. The molecule has 2 heterocycles. The fourth-order valence-electron chi connectivity index (χ4n) is 4.03. The molecule has 0 radical (unpaired) electrons. The number of hydrogen-bond acceptors (Lipinski definition) is 6. The van der Waals surface area contributed by atoms with Crippen molar-refractivity contribution in [3.63, 3.8) is 0 Å². The van der Waals surface area contributed by atoms with Gasteiger partial charge in [0.1, 0.15) is 34.3 Å². The van der Waals surface area contributed by atoms with Crippen molar-refractivity contribution in [1.82, 2.24) is 10.4 Å². The molecule has 1 fully saturated rings. The lowest BCUT2D eigenvalue weighted by atomic mass is 10.1.